The molecule has 8 nitrogen and oxygen atoms in total. The summed E-state index contributed by atoms with van der Waals surface area (Å²) in [5.41, 5.74) is -0.377. The van der Waals surface area contributed by atoms with Crippen molar-refractivity contribution in [1.82, 2.24) is 9.78 Å². The predicted octanol–water partition coefficient (Wildman–Crippen LogP) is 0.898. The highest BCUT2D eigenvalue weighted by molar-refractivity contribution is 5.84. The van der Waals surface area contributed by atoms with E-state index in [-0.39, 0.29) is 17.9 Å². The number of aromatic nitrogens is 2. The summed E-state index contributed by atoms with van der Waals surface area (Å²) in [6, 6.07) is 7.91. The summed E-state index contributed by atoms with van der Waals surface area (Å²) < 4.78 is 0.947. The molecule has 1 aromatic heterocycles. The van der Waals surface area contributed by atoms with Crippen molar-refractivity contribution in [2.75, 3.05) is 0 Å². The molecule has 1 aromatic carbocycles. The second kappa shape index (κ2) is 5.31. The third-order valence-corrected chi connectivity index (χ3v) is 2.54. The van der Waals surface area contributed by atoms with Gasteiger partial charge in [-0.1, -0.05) is 12.1 Å². The summed E-state index contributed by atoms with van der Waals surface area (Å²) in [5, 5.41) is 23.2. The predicted molar refractivity (Wildman–Crippen MR) is 67.7 cm³/mol. The number of non-ortho nitro benzene ring substituents is 1. The van der Waals surface area contributed by atoms with Crippen LogP contribution in [0.4, 0.5) is 5.69 Å². The van der Waals surface area contributed by atoms with E-state index in [0.717, 1.165) is 16.8 Å². The van der Waals surface area contributed by atoms with Crippen LogP contribution in [0, 0.1) is 10.1 Å². The van der Waals surface area contributed by atoms with Crippen molar-refractivity contribution in [3.05, 3.63) is 68.1 Å². The lowest BCUT2D eigenvalue weighted by Gasteiger charge is -2.05. The maximum Gasteiger partial charge on any atom is 0.356 e. The van der Waals surface area contributed by atoms with Gasteiger partial charge in [-0.3, -0.25) is 14.9 Å². The number of nitrogens with zero attached hydrogens (tertiary/aromatic N) is 3. The van der Waals surface area contributed by atoms with E-state index in [2.05, 4.69) is 5.10 Å². The summed E-state index contributed by atoms with van der Waals surface area (Å²) in [5.74, 6) is -1.25. The molecule has 20 heavy (non-hydrogen) atoms. The summed E-state index contributed by atoms with van der Waals surface area (Å²) >= 11 is 0. The number of rotatable bonds is 4. The Balaban J connectivity index is 2.37. The molecule has 0 saturated carbocycles. The smallest absolute Gasteiger partial charge is 0.356 e. The fourth-order valence-corrected chi connectivity index (χ4v) is 1.62. The molecule has 0 atom stereocenters. The van der Waals surface area contributed by atoms with Gasteiger partial charge in [0.1, 0.15) is 0 Å². The van der Waals surface area contributed by atoms with Crippen molar-refractivity contribution in [3.63, 3.8) is 0 Å². The Kier molecular flexibility index (Phi) is 3.56. The molecule has 8 heteroatoms. The minimum atomic E-state index is -1.25. The van der Waals surface area contributed by atoms with E-state index in [1.165, 1.54) is 18.2 Å². The SMILES string of the molecule is O=C(O)c1ccc(=O)n(Cc2cccc([N+](=O)[O-])c2)n1. The third-order valence-electron chi connectivity index (χ3n) is 2.54. The molecule has 2 rings (SSSR count). The second-order valence-electron chi connectivity index (χ2n) is 3.95. The van der Waals surface area contributed by atoms with Crippen LogP contribution in [-0.2, 0) is 6.54 Å². The Morgan fingerprint density at radius 1 is 1.35 bits per heavy atom. The second-order valence-corrected chi connectivity index (χ2v) is 3.95. The van der Waals surface area contributed by atoms with Gasteiger partial charge in [-0.25, -0.2) is 9.48 Å². The van der Waals surface area contributed by atoms with Gasteiger partial charge >= 0.3 is 5.97 Å². The summed E-state index contributed by atoms with van der Waals surface area (Å²) in [6.45, 7) is -0.0400. The molecule has 0 unspecified atom stereocenters. The number of carbonyl (C=O) groups is 1. The van der Waals surface area contributed by atoms with Gasteiger partial charge in [-0.05, 0) is 11.6 Å². The molecule has 0 bridgehead atoms. The number of hydrogen-bond acceptors (Lipinski definition) is 5. The Bertz CT molecular complexity index is 738. The quantitative estimate of drug-likeness (QED) is 0.654. The van der Waals surface area contributed by atoms with E-state index in [0.29, 0.717) is 5.56 Å². The van der Waals surface area contributed by atoms with Crippen molar-refractivity contribution in [2.24, 2.45) is 0 Å². The normalized spacial score (nSPS) is 10.2. The van der Waals surface area contributed by atoms with Crippen molar-refractivity contribution < 1.29 is 14.8 Å². The summed E-state index contributed by atoms with van der Waals surface area (Å²) in [6.07, 6.45) is 0. The first-order chi connectivity index (χ1) is 9.47. The van der Waals surface area contributed by atoms with E-state index >= 15 is 0 Å². The molecule has 0 aliphatic heterocycles. The highest BCUT2D eigenvalue weighted by Crippen LogP contribution is 2.13. The van der Waals surface area contributed by atoms with Crippen LogP contribution in [0.3, 0.4) is 0 Å². The van der Waals surface area contributed by atoms with Crippen LogP contribution < -0.4 is 5.56 Å². The monoisotopic (exact) mass is 275 g/mol. The lowest BCUT2D eigenvalue weighted by Crippen LogP contribution is -2.24. The minimum absolute atomic E-state index is 0.0400. The van der Waals surface area contributed by atoms with E-state index in [4.69, 9.17) is 5.11 Å². The molecule has 2 aromatic rings. The zero-order valence-electron chi connectivity index (χ0n) is 10.1. The van der Waals surface area contributed by atoms with E-state index in [9.17, 15) is 19.7 Å². The van der Waals surface area contributed by atoms with Crippen LogP contribution in [0.1, 0.15) is 16.1 Å². The summed E-state index contributed by atoms with van der Waals surface area (Å²) in [4.78, 5) is 32.5. The van der Waals surface area contributed by atoms with Crippen LogP contribution in [0.15, 0.2) is 41.2 Å². The highest BCUT2D eigenvalue weighted by Gasteiger charge is 2.10. The zero-order valence-corrected chi connectivity index (χ0v) is 10.1. The molecule has 0 fully saturated rings. The molecule has 0 spiro atoms. The average molecular weight is 275 g/mol. The molecular weight excluding hydrogens is 266 g/mol. The van der Waals surface area contributed by atoms with Gasteiger partial charge in [0.25, 0.3) is 11.2 Å². The average Bonchev–Trinajstić information content (AvgIpc) is 2.41. The van der Waals surface area contributed by atoms with Crippen molar-refractivity contribution in [2.45, 2.75) is 6.54 Å². The van der Waals surface area contributed by atoms with Gasteiger partial charge in [-0.2, -0.15) is 5.10 Å². The third kappa shape index (κ3) is 2.86. The number of carboxylic acid groups (broad SMARTS) is 1. The first-order valence-electron chi connectivity index (χ1n) is 5.52. The number of carboxylic acids is 1. The molecule has 0 amide bonds. The minimum Gasteiger partial charge on any atom is -0.476 e. The van der Waals surface area contributed by atoms with Crippen molar-refractivity contribution in [1.29, 1.82) is 0 Å². The van der Waals surface area contributed by atoms with E-state index < -0.39 is 16.5 Å². The van der Waals surface area contributed by atoms with Crippen molar-refractivity contribution in [3.8, 4) is 0 Å². The van der Waals surface area contributed by atoms with E-state index in [1.807, 2.05) is 0 Å². The number of aromatic carboxylic acids is 1. The highest BCUT2D eigenvalue weighted by atomic mass is 16.6. The fraction of sp³-hybridized carbons (Fsp3) is 0.0833. The molecule has 1 heterocycles. The molecule has 0 saturated heterocycles. The molecule has 0 radical (unpaired) electrons. The molecule has 102 valence electrons. The molecule has 0 aliphatic carbocycles. The zero-order chi connectivity index (χ0) is 14.7. The van der Waals surface area contributed by atoms with Crippen molar-refractivity contribution >= 4 is 11.7 Å². The van der Waals surface area contributed by atoms with E-state index in [1.54, 1.807) is 6.07 Å². The first kappa shape index (κ1) is 13.4. The number of nitro benzene ring substituents is 1. The van der Waals surface area contributed by atoms with Crippen LogP contribution in [0.2, 0.25) is 0 Å². The van der Waals surface area contributed by atoms with Gasteiger partial charge in [0.15, 0.2) is 5.69 Å². The van der Waals surface area contributed by atoms with Gasteiger partial charge in [-0.15, -0.1) is 0 Å². The molecular formula is C12H9N3O5. The maximum absolute atomic E-state index is 11.6. The Morgan fingerprint density at radius 2 is 2.10 bits per heavy atom. The van der Waals surface area contributed by atoms with Crippen LogP contribution in [0.25, 0.3) is 0 Å². The summed E-state index contributed by atoms with van der Waals surface area (Å²) in [7, 11) is 0. The number of hydrogen-bond donors (Lipinski definition) is 1. The molecule has 1 N–H and O–H groups in total. The Hall–Kier alpha value is -3.03. The van der Waals surface area contributed by atoms with Gasteiger partial charge < -0.3 is 5.11 Å². The van der Waals surface area contributed by atoms with Crippen LogP contribution in [0.5, 0.6) is 0 Å². The fourth-order valence-electron chi connectivity index (χ4n) is 1.62. The largest absolute Gasteiger partial charge is 0.476 e. The van der Waals surface area contributed by atoms with Gasteiger partial charge in [0, 0.05) is 18.2 Å². The topological polar surface area (TPSA) is 115 Å². The Morgan fingerprint density at radius 3 is 2.75 bits per heavy atom. The number of benzene rings is 1. The van der Waals surface area contributed by atoms with Gasteiger partial charge in [0.2, 0.25) is 0 Å². The standard InChI is InChI=1S/C12H9N3O5/c16-11-5-4-10(12(17)18)13-14(11)7-8-2-1-3-9(6-8)15(19)20/h1-6H,7H2,(H,17,18). The lowest BCUT2D eigenvalue weighted by molar-refractivity contribution is -0.384. The van der Waals surface area contributed by atoms with Gasteiger partial charge in [0.05, 0.1) is 11.5 Å². The van der Waals surface area contributed by atoms with Crippen LogP contribution >= 0.6 is 0 Å². The number of nitro groups is 1. The maximum atomic E-state index is 11.6. The first-order valence-corrected chi connectivity index (χ1v) is 5.52. The molecule has 0 aliphatic rings. The lowest BCUT2D eigenvalue weighted by atomic mass is 10.2. The Labute approximate surface area is 112 Å². The van der Waals surface area contributed by atoms with Crippen LogP contribution in [-0.4, -0.2) is 25.8 Å².